The van der Waals surface area contributed by atoms with E-state index in [1.807, 2.05) is 0 Å². The first-order valence-corrected chi connectivity index (χ1v) is 6.70. The van der Waals surface area contributed by atoms with Crippen molar-refractivity contribution in [1.82, 2.24) is 0 Å². The Morgan fingerprint density at radius 1 is 1.17 bits per heavy atom. The Morgan fingerprint density at radius 3 is 2.56 bits per heavy atom. The van der Waals surface area contributed by atoms with Crippen molar-refractivity contribution in [3.8, 4) is 0 Å². The molecule has 2 N–H and O–H groups in total. The summed E-state index contributed by atoms with van der Waals surface area (Å²) in [6, 6.07) is 9.45. The van der Waals surface area contributed by atoms with Crippen LogP contribution < -0.4 is 5.73 Å². The van der Waals surface area contributed by atoms with E-state index in [2.05, 4.69) is 15.9 Å². The average Bonchev–Trinajstić information content (AvgIpc) is 2.35. The largest absolute Gasteiger partial charge is 0.320 e. The zero-order valence-electron chi connectivity index (χ0n) is 9.13. The fourth-order valence-corrected chi connectivity index (χ4v) is 2.32. The molecule has 0 aliphatic carbocycles. The van der Waals surface area contributed by atoms with E-state index in [0.717, 1.165) is 0 Å². The first kappa shape index (κ1) is 13.8. The summed E-state index contributed by atoms with van der Waals surface area (Å²) in [7, 11) is 0. The standard InChI is InChI=1S/C13H9BrCl2FN/c14-9-5-4-7(6-11(9)17)13(18)8-2-1-3-10(15)12(8)16/h1-6,13H,18H2. The van der Waals surface area contributed by atoms with E-state index in [-0.39, 0.29) is 5.82 Å². The smallest absolute Gasteiger partial charge is 0.137 e. The maximum atomic E-state index is 13.5. The SMILES string of the molecule is NC(c1ccc(Br)c(F)c1)c1cccc(Cl)c1Cl. The van der Waals surface area contributed by atoms with Crippen LogP contribution >= 0.6 is 39.1 Å². The Kier molecular flexibility index (Phi) is 4.28. The number of hydrogen-bond acceptors (Lipinski definition) is 1. The molecule has 0 aliphatic rings. The Bertz CT molecular complexity index is 589. The second-order valence-electron chi connectivity index (χ2n) is 3.79. The summed E-state index contributed by atoms with van der Waals surface area (Å²) >= 11 is 15.1. The van der Waals surface area contributed by atoms with Gasteiger partial charge in [0.05, 0.1) is 20.6 Å². The van der Waals surface area contributed by atoms with Crippen LogP contribution in [0.2, 0.25) is 10.0 Å². The molecule has 2 aromatic rings. The molecule has 0 saturated heterocycles. The molecule has 2 aromatic carbocycles. The highest BCUT2D eigenvalue weighted by Gasteiger charge is 2.15. The molecule has 0 radical (unpaired) electrons. The predicted molar refractivity (Wildman–Crippen MR) is 76.6 cm³/mol. The summed E-state index contributed by atoms with van der Waals surface area (Å²) in [6.07, 6.45) is 0. The molecule has 0 amide bonds. The molecule has 1 nitrogen and oxygen atoms in total. The van der Waals surface area contributed by atoms with Crippen molar-refractivity contribution in [2.24, 2.45) is 5.73 Å². The van der Waals surface area contributed by atoms with Crippen molar-refractivity contribution in [3.05, 3.63) is 67.9 Å². The van der Waals surface area contributed by atoms with Gasteiger partial charge in [-0.1, -0.05) is 41.4 Å². The van der Waals surface area contributed by atoms with Gasteiger partial charge in [0.2, 0.25) is 0 Å². The molecule has 0 heterocycles. The minimum absolute atomic E-state index is 0.360. The molecule has 1 atom stereocenters. The van der Waals surface area contributed by atoms with E-state index in [1.54, 1.807) is 30.3 Å². The van der Waals surface area contributed by atoms with Gasteiger partial charge in [-0.25, -0.2) is 4.39 Å². The number of nitrogens with two attached hydrogens (primary N) is 1. The van der Waals surface area contributed by atoms with Gasteiger partial charge in [0.1, 0.15) is 5.82 Å². The minimum Gasteiger partial charge on any atom is -0.320 e. The lowest BCUT2D eigenvalue weighted by Gasteiger charge is -2.15. The summed E-state index contributed by atoms with van der Waals surface area (Å²) in [5, 5.41) is 0.831. The average molecular weight is 349 g/mol. The van der Waals surface area contributed by atoms with Crippen LogP contribution in [-0.4, -0.2) is 0 Å². The van der Waals surface area contributed by atoms with Gasteiger partial charge in [-0.05, 0) is 45.3 Å². The summed E-state index contributed by atoms with van der Waals surface area (Å²) < 4.78 is 13.9. The van der Waals surface area contributed by atoms with Crippen molar-refractivity contribution >= 4 is 39.1 Å². The first-order chi connectivity index (χ1) is 8.50. The molecule has 2 rings (SSSR count). The maximum absolute atomic E-state index is 13.5. The van der Waals surface area contributed by atoms with Crippen LogP contribution in [0, 0.1) is 5.82 Å². The molecule has 0 spiro atoms. The highest BCUT2D eigenvalue weighted by Crippen LogP contribution is 2.32. The van der Waals surface area contributed by atoms with Crippen molar-refractivity contribution < 1.29 is 4.39 Å². The van der Waals surface area contributed by atoms with Crippen molar-refractivity contribution in [2.45, 2.75) is 6.04 Å². The van der Waals surface area contributed by atoms with Gasteiger partial charge in [0, 0.05) is 0 Å². The maximum Gasteiger partial charge on any atom is 0.137 e. The molecule has 0 aromatic heterocycles. The normalized spacial score (nSPS) is 12.5. The molecule has 94 valence electrons. The molecular weight excluding hydrogens is 340 g/mol. The topological polar surface area (TPSA) is 26.0 Å². The minimum atomic E-state index is -0.515. The third-order valence-corrected chi connectivity index (χ3v) is 4.10. The molecule has 0 bridgehead atoms. The van der Waals surface area contributed by atoms with Gasteiger partial charge >= 0.3 is 0 Å². The Balaban J connectivity index is 2.44. The number of rotatable bonds is 2. The van der Waals surface area contributed by atoms with Crippen molar-refractivity contribution in [3.63, 3.8) is 0 Å². The van der Waals surface area contributed by atoms with Gasteiger partial charge < -0.3 is 5.73 Å². The quantitative estimate of drug-likeness (QED) is 0.816. The molecule has 1 unspecified atom stereocenters. The van der Waals surface area contributed by atoms with Crippen LogP contribution in [0.3, 0.4) is 0 Å². The van der Waals surface area contributed by atoms with Gasteiger partial charge in [-0.3, -0.25) is 0 Å². The molecule has 0 aliphatic heterocycles. The number of halogens is 4. The summed E-state index contributed by atoms with van der Waals surface area (Å²) in [6.45, 7) is 0. The van der Waals surface area contributed by atoms with E-state index in [4.69, 9.17) is 28.9 Å². The fourth-order valence-electron chi connectivity index (χ4n) is 1.65. The zero-order valence-corrected chi connectivity index (χ0v) is 12.2. The summed E-state index contributed by atoms with van der Waals surface area (Å²) in [5.41, 5.74) is 7.39. The second-order valence-corrected chi connectivity index (χ2v) is 5.43. The van der Waals surface area contributed by atoms with E-state index in [1.165, 1.54) is 6.07 Å². The molecule has 18 heavy (non-hydrogen) atoms. The monoisotopic (exact) mass is 347 g/mol. The van der Waals surface area contributed by atoms with Crippen LogP contribution in [0.25, 0.3) is 0 Å². The molecule has 0 fully saturated rings. The lowest BCUT2D eigenvalue weighted by atomic mass is 9.99. The van der Waals surface area contributed by atoms with Crippen LogP contribution in [0.4, 0.5) is 4.39 Å². The van der Waals surface area contributed by atoms with E-state index < -0.39 is 6.04 Å². The predicted octanol–water partition coefficient (Wildman–Crippen LogP) is 4.94. The highest BCUT2D eigenvalue weighted by molar-refractivity contribution is 9.10. The van der Waals surface area contributed by atoms with Crippen LogP contribution in [-0.2, 0) is 0 Å². The lowest BCUT2D eigenvalue weighted by molar-refractivity contribution is 0.617. The van der Waals surface area contributed by atoms with Gasteiger partial charge in [-0.2, -0.15) is 0 Å². The fraction of sp³-hybridized carbons (Fsp3) is 0.0769. The third-order valence-electron chi connectivity index (χ3n) is 2.62. The Labute approximate surface area is 123 Å². The van der Waals surface area contributed by atoms with Crippen LogP contribution in [0.5, 0.6) is 0 Å². The summed E-state index contributed by atoms with van der Waals surface area (Å²) in [5.74, 6) is -0.360. The first-order valence-electron chi connectivity index (χ1n) is 5.15. The third kappa shape index (κ3) is 2.69. The van der Waals surface area contributed by atoms with Gasteiger partial charge in [-0.15, -0.1) is 0 Å². The Hall–Kier alpha value is -0.610. The highest BCUT2D eigenvalue weighted by atomic mass is 79.9. The Morgan fingerprint density at radius 2 is 1.89 bits per heavy atom. The number of hydrogen-bond donors (Lipinski definition) is 1. The summed E-state index contributed by atoms with van der Waals surface area (Å²) in [4.78, 5) is 0. The van der Waals surface area contributed by atoms with Gasteiger partial charge in [0.15, 0.2) is 0 Å². The van der Waals surface area contributed by atoms with Crippen LogP contribution in [0.1, 0.15) is 17.2 Å². The number of benzene rings is 2. The molecular formula is C13H9BrCl2FN. The molecule has 0 saturated carbocycles. The van der Waals surface area contributed by atoms with Crippen molar-refractivity contribution in [2.75, 3.05) is 0 Å². The lowest BCUT2D eigenvalue weighted by Crippen LogP contribution is -2.12. The van der Waals surface area contributed by atoms with E-state index in [9.17, 15) is 4.39 Å². The van der Waals surface area contributed by atoms with Crippen LogP contribution in [0.15, 0.2) is 40.9 Å². The van der Waals surface area contributed by atoms with E-state index in [0.29, 0.717) is 25.6 Å². The van der Waals surface area contributed by atoms with Crippen molar-refractivity contribution in [1.29, 1.82) is 0 Å². The van der Waals surface area contributed by atoms with E-state index >= 15 is 0 Å². The second kappa shape index (κ2) is 5.57. The zero-order chi connectivity index (χ0) is 13.3. The van der Waals surface area contributed by atoms with Gasteiger partial charge in [0.25, 0.3) is 0 Å². The molecule has 5 heteroatoms.